The van der Waals surface area contributed by atoms with Crippen LogP contribution in [0, 0.1) is 0 Å². The van der Waals surface area contributed by atoms with Crippen LogP contribution in [0.2, 0.25) is 0 Å². The predicted molar refractivity (Wildman–Crippen MR) is 101 cm³/mol. The summed E-state index contributed by atoms with van der Waals surface area (Å²) in [6, 6.07) is 6.27. The van der Waals surface area contributed by atoms with Crippen LogP contribution in [0.25, 0.3) is 0 Å². The van der Waals surface area contributed by atoms with Crippen LogP contribution >= 0.6 is 15.9 Å². The maximum atomic E-state index is 12.1. The second kappa shape index (κ2) is 9.31. The quantitative estimate of drug-likeness (QED) is 0.654. The van der Waals surface area contributed by atoms with Gasteiger partial charge in [0.05, 0.1) is 33.9 Å². The summed E-state index contributed by atoms with van der Waals surface area (Å²) in [6.45, 7) is 1.62. The number of amides is 2. The number of halogens is 1. The van der Waals surface area contributed by atoms with Crippen molar-refractivity contribution in [1.82, 2.24) is 10.6 Å². The molecule has 2 aromatic rings. The van der Waals surface area contributed by atoms with E-state index in [9.17, 15) is 9.59 Å². The van der Waals surface area contributed by atoms with Gasteiger partial charge in [-0.2, -0.15) is 0 Å². The van der Waals surface area contributed by atoms with Crippen LogP contribution < -0.4 is 24.8 Å². The molecule has 146 valence electrons. The molecule has 0 saturated carbocycles. The topological polar surface area (TPSA) is 99.0 Å². The number of hydrogen-bond donors (Lipinski definition) is 2. The van der Waals surface area contributed by atoms with E-state index in [1.165, 1.54) is 27.4 Å². The van der Waals surface area contributed by atoms with Gasteiger partial charge in [-0.05, 0) is 52.7 Å². The van der Waals surface area contributed by atoms with Crippen LogP contribution in [-0.2, 0) is 4.79 Å². The molecule has 0 radical (unpaired) electrons. The Kier molecular flexibility index (Phi) is 7.12. The molecule has 27 heavy (non-hydrogen) atoms. The number of ether oxygens (including phenoxy) is 3. The van der Waals surface area contributed by atoms with Gasteiger partial charge in [-0.1, -0.05) is 0 Å². The molecule has 0 bridgehead atoms. The van der Waals surface area contributed by atoms with Crippen molar-refractivity contribution in [2.45, 2.75) is 13.0 Å². The lowest BCUT2D eigenvalue weighted by molar-refractivity contribution is -0.120. The summed E-state index contributed by atoms with van der Waals surface area (Å²) < 4.78 is 21.5. The third-order valence-electron chi connectivity index (χ3n) is 3.77. The molecule has 2 amide bonds. The molecular formula is C18H21BrN2O6. The molecule has 2 N–H and O–H groups in total. The third kappa shape index (κ3) is 5.16. The Bertz CT molecular complexity index is 795. The van der Waals surface area contributed by atoms with E-state index in [4.69, 9.17) is 18.6 Å². The fraction of sp³-hybridized carbons (Fsp3) is 0.333. The smallest absolute Gasteiger partial charge is 0.287 e. The van der Waals surface area contributed by atoms with Crippen molar-refractivity contribution in [1.29, 1.82) is 0 Å². The van der Waals surface area contributed by atoms with Gasteiger partial charge in [0.2, 0.25) is 11.7 Å². The van der Waals surface area contributed by atoms with Gasteiger partial charge in [0.15, 0.2) is 21.9 Å². The van der Waals surface area contributed by atoms with E-state index < -0.39 is 5.91 Å². The molecule has 1 atom stereocenters. The average molecular weight is 441 g/mol. The maximum Gasteiger partial charge on any atom is 0.287 e. The Morgan fingerprint density at radius 1 is 1.11 bits per heavy atom. The molecule has 2 rings (SSSR count). The van der Waals surface area contributed by atoms with Crippen molar-refractivity contribution in [2.75, 3.05) is 27.9 Å². The van der Waals surface area contributed by atoms with E-state index >= 15 is 0 Å². The second-order valence-electron chi connectivity index (χ2n) is 5.53. The lowest BCUT2D eigenvalue weighted by Crippen LogP contribution is -2.37. The SMILES string of the molecule is COc1cc(C(C)NC(=O)CNC(=O)c2ccc(Br)o2)cc(OC)c1OC. The monoisotopic (exact) mass is 440 g/mol. The van der Waals surface area contributed by atoms with Gasteiger partial charge in [-0.25, -0.2) is 0 Å². The normalized spacial score (nSPS) is 11.4. The largest absolute Gasteiger partial charge is 0.493 e. The van der Waals surface area contributed by atoms with Crippen LogP contribution in [0.3, 0.4) is 0 Å². The van der Waals surface area contributed by atoms with Crippen LogP contribution in [0.5, 0.6) is 17.2 Å². The molecule has 0 saturated heterocycles. The molecule has 1 aromatic heterocycles. The summed E-state index contributed by atoms with van der Waals surface area (Å²) in [5.74, 6) is 0.743. The van der Waals surface area contributed by atoms with Crippen molar-refractivity contribution in [3.05, 3.63) is 40.3 Å². The fourth-order valence-corrected chi connectivity index (χ4v) is 2.72. The van der Waals surface area contributed by atoms with Crippen LogP contribution in [0.15, 0.2) is 33.4 Å². The minimum Gasteiger partial charge on any atom is -0.493 e. The number of furan rings is 1. The molecule has 0 spiro atoms. The molecule has 0 aliphatic rings. The van der Waals surface area contributed by atoms with E-state index in [1.807, 2.05) is 6.92 Å². The first-order valence-electron chi connectivity index (χ1n) is 8.02. The van der Waals surface area contributed by atoms with Gasteiger partial charge in [0.25, 0.3) is 5.91 Å². The van der Waals surface area contributed by atoms with E-state index in [1.54, 1.807) is 18.2 Å². The fourth-order valence-electron chi connectivity index (χ4n) is 2.41. The number of nitrogens with one attached hydrogen (secondary N) is 2. The van der Waals surface area contributed by atoms with Crippen LogP contribution in [-0.4, -0.2) is 39.7 Å². The van der Waals surface area contributed by atoms with Gasteiger partial charge in [0, 0.05) is 0 Å². The highest BCUT2D eigenvalue weighted by Crippen LogP contribution is 2.39. The van der Waals surface area contributed by atoms with Gasteiger partial charge < -0.3 is 29.3 Å². The van der Waals surface area contributed by atoms with Crippen molar-refractivity contribution < 1.29 is 28.2 Å². The molecule has 1 unspecified atom stereocenters. The minimum atomic E-state index is -0.476. The first-order valence-corrected chi connectivity index (χ1v) is 8.81. The number of rotatable bonds is 8. The number of hydrogen-bond acceptors (Lipinski definition) is 6. The predicted octanol–water partition coefficient (Wildman–Crippen LogP) is 2.68. The summed E-state index contributed by atoms with van der Waals surface area (Å²) >= 11 is 3.12. The first kappa shape index (κ1) is 20.6. The standard InChI is InChI=1S/C18H21BrN2O6/c1-10(11-7-13(24-2)17(26-4)14(8-11)25-3)21-16(22)9-20-18(23)12-5-6-15(19)27-12/h5-8,10H,9H2,1-4H3,(H,20,23)(H,21,22). The van der Waals surface area contributed by atoms with Crippen molar-refractivity contribution in [3.8, 4) is 17.2 Å². The highest BCUT2D eigenvalue weighted by atomic mass is 79.9. The molecule has 9 heteroatoms. The molecule has 1 heterocycles. The van der Waals surface area contributed by atoms with Crippen LogP contribution in [0.4, 0.5) is 0 Å². The summed E-state index contributed by atoms with van der Waals surface area (Å²) in [5, 5.41) is 5.30. The molecule has 0 aliphatic heterocycles. The van der Waals surface area contributed by atoms with Crippen molar-refractivity contribution in [3.63, 3.8) is 0 Å². The lowest BCUT2D eigenvalue weighted by atomic mass is 10.1. The number of carbonyl (C=O) groups is 2. The Labute approximate surface area is 165 Å². The van der Waals surface area contributed by atoms with Gasteiger partial charge in [-0.15, -0.1) is 0 Å². The maximum absolute atomic E-state index is 12.1. The van der Waals surface area contributed by atoms with E-state index in [-0.39, 0.29) is 24.3 Å². The first-order chi connectivity index (χ1) is 12.9. The second-order valence-corrected chi connectivity index (χ2v) is 6.32. The highest BCUT2D eigenvalue weighted by molar-refractivity contribution is 9.10. The Morgan fingerprint density at radius 3 is 2.22 bits per heavy atom. The Balaban J connectivity index is 2.00. The van der Waals surface area contributed by atoms with Gasteiger partial charge in [0.1, 0.15) is 0 Å². The number of methoxy groups -OCH3 is 3. The Morgan fingerprint density at radius 2 is 1.74 bits per heavy atom. The van der Waals surface area contributed by atoms with Gasteiger partial charge in [-0.3, -0.25) is 9.59 Å². The summed E-state index contributed by atoms with van der Waals surface area (Å²) in [5.41, 5.74) is 0.763. The van der Waals surface area contributed by atoms with E-state index in [2.05, 4.69) is 26.6 Å². The summed E-state index contributed by atoms with van der Waals surface area (Å²) in [6.07, 6.45) is 0. The highest BCUT2D eigenvalue weighted by Gasteiger charge is 2.18. The third-order valence-corrected chi connectivity index (χ3v) is 4.20. The zero-order valence-corrected chi connectivity index (χ0v) is 17.0. The average Bonchev–Trinajstić information content (AvgIpc) is 3.11. The summed E-state index contributed by atoms with van der Waals surface area (Å²) in [7, 11) is 4.56. The zero-order valence-electron chi connectivity index (χ0n) is 15.4. The van der Waals surface area contributed by atoms with Crippen molar-refractivity contribution in [2.24, 2.45) is 0 Å². The number of carbonyl (C=O) groups excluding carboxylic acids is 2. The van der Waals surface area contributed by atoms with Crippen molar-refractivity contribution >= 4 is 27.7 Å². The summed E-state index contributed by atoms with van der Waals surface area (Å²) in [4.78, 5) is 24.1. The van der Waals surface area contributed by atoms with Crippen LogP contribution in [0.1, 0.15) is 29.1 Å². The van der Waals surface area contributed by atoms with Gasteiger partial charge >= 0.3 is 0 Å². The van der Waals surface area contributed by atoms with E-state index in [0.717, 1.165) is 5.56 Å². The zero-order chi connectivity index (χ0) is 20.0. The molecular weight excluding hydrogens is 420 g/mol. The molecule has 0 aliphatic carbocycles. The molecule has 0 fully saturated rings. The van der Waals surface area contributed by atoms with E-state index in [0.29, 0.717) is 21.9 Å². The lowest BCUT2D eigenvalue weighted by Gasteiger charge is -2.19. The Hall–Kier alpha value is -2.68. The molecule has 8 nitrogen and oxygen atoms in total. The molecule has 1 aromatic carbocycles. The number of benzene rings is 1. The minimum absolute atomic E-state index is 0.118.